The van der Waals surface area contributed by atoms with Gasteiger partial charge in [-0.3, -0.25) is 0 Å². The monoisotopic (exact) mass is 188 g/mol. The summed E-state index contributed by atoms with van der Waals surface area (Å²) in [6.07, 6.45) is 11.6. The van der Waals surface area contributed by atoms with Gasteiger partial charge in [0, 0.05) is 0 Å². The fourth-order valence-electron chi connectivity index (χ4n) is 1.38. The molecule has 0 atom stereocenters. The molecule has 0 saturated carbocycles. The zero-order valence-electron chi connectivity index (χ0n) is 9.10. The molecule has 0 unspecified atom stereocenters. The molecule has 12 heavy (non-hydrogen) atoms. The lowest BCUT2D eigenvalue weighted by atomic mass is 10.3. The molecule has 0 aliphatic carbocycles. The lowest BCUT2D eigenvalue weighted by Gasteiger charge is -2.10. The van der Waals surface area contributed by atoms with Gasteiger partial charge in [-0.25, -0.2) is 0 Å². The highest BCUT2D eigenvalue weighted by molar-refractivity contribution is 7.56. The van der Waals surface area contributed by atoms with Gasteiger partial charge in [-0.2, -0.15) is 0 Å². The summed E-state index contributed by atoms with van der Waals surface area (Å²) in [7, 11) is 0.396. The first-order valence-corrected chi connectivity index (χ1v) is 7.65. The van der Waals surface area contributed by atoms with E-state index in [1.54, 1.807) is 0 Å². The van der Waals surface area contributed by atoms with Crippen molar-refractivity contribution in [2.24, 2.45) is 0 Å². The van der Waals surface area contributed by atoms with Crippen molar-refractivity contribution < 1.29 is 0 Å². The van der Waals surface area contributed by atoms with Gasteiger partial charge in [0.1, 0.15) is 0 Å². The second-order valence-electron chi connectivity index (χ2n) is 3.72. The summed E-state index contributed by atoms with van der Waals surface area (Å²) in [6.45, 7) is 7.05. The second kappa shape index (κ2) is 9.52. The number of hydrogen-bond donors (Lipinski definition) is 0. The average molecular weight is 188 g/mol. The molecule has 0 fully saturated rings. The van der Waals surface area contributed by atoms with Gasteiger partial charge in [-0.05, 0) is 31.8 Å². The van der Waals surface area contributed by atoms with Crippen LogP contribution in [0.5, 0.6) is 0 Å². The molecule has 0 rings (SSSR count). The lowest BCUT2D eigenvalue weighted by molar-refractivity contribution is 0.763. The molecule has 0 nitrogen and oxygen atoms in total. The molecule has 0 bridgehead atoms. The summed E-state index contributed by atoms with van der Waals surface area (Å²) in [5.74, 6) is 0. The fourth-order valence-corrected chi connectivity index (χ4v) is 3.13. The Hall–Kier alpha value is 0.430. The van der Waals surface area contributed by atoms with Crippen LogP contribution in [-0.4, -0.2) is 19.0 Å². The molecule has 0 heterocycles. The molecule has 0 aliphatic rings. The summed E-state index contributed by atoms with van der Waals surface area (Å²) in [5, 5.41) is 0. The molecule has 0 saturated heterocycles. The van der Waals surface area contributed by atoms with Crippen molar-refractivity contribution in [2.45, 2.75) is 52.4 Å². The third kappa shape index (κ3) is 8.53. The maximum atomic E-state index is 2.47. The highest BCUT2D eigenvalue weighted by Crippen LogP contribution is 2.33. The predicted molar refractivity (Wildman–Crippen MR) is 61.6 cm³/mol. The van der Waals surface area contributed by atoms with E-state index in [4.69, 9.17) is 0 Å². The standard InChI is InChI=1S/C11H25P/c1-4-6-8-10-12(3)11-9-7-5-2/h4-11H2,1-3H3. The van der Waals surface area contributed by atoms with Gasteiger partial charge in [0.05, 0.1) is 0 Å². The zero-order chi connectivity index (χ0) is 9.23. The van der Waals surface area contributed by atoms with Crippen molar-refractivity contribution in [2.75, 3.05) is 19.0 Å². The molecule has 0 aromatic heterocycles. The van der Waals surface area contributed by atoms with Crippen LogP contribution < -0.4 is 0 Å². The van der Waals surface area contributed by atoms with Crippen molar-refractivity contribution in [1.29, 1.82) is 0 Å². The van der Waals surface area contributed by atoms with E-state index in [2.05, 4.69) is 20.5 Å². The molecule has 74 valence electrons. The summed E-state index contributed by atoms with van der Waals surface area (Å²) in [4.78, 5) is 0. The Morgan fingerprint density at radius 1 is 0.750 bits per heavy atom. The summed E-state index contributed by atoms with van der Waals surface area (Å²) >= 11 is 0. The first-order chi connectivity index (χ1) is 5.81. The van der Waals surface area contributed by atoms with E-state index in [-0.39, 0.29) is 0 Å². The smallest absolute Gasteiger partial charge is 0.0328 e. The summed E-state index contributed by atoms with van der Waals surface area (Å²) < 4.78 is 0. The lowest BCUT2D eigenvalue weighted by Crippen LogP contribution is -1.89. The van der Waals surface area contributed by atoms with Gasteiger partial charge in [-0.15, -0.1) is 7.92 Å². The van der Waals surface area contributed by atoms with Crippen LogP contribution in [0.25, 0.3) is 0 Å². The molecule has 0 radical (unpaired) electrons. The highest BCUT2D eigenvalue weighted by Gasteiger charge is 1.99. The van der Waals surface area contributed by atoms with Gasteiger partial charge in [0.15, 0.2) is 0 Å². The molecular weight excluding hydrogens is 163 g/mol. The maximum absolute atomic E-state index is 2.47. The van der Waals surface area contributed by atoms with Crippen LogP contribution >= 0.6 is 7.92 Å². The quantitative estimate of drug-likeness (QED) is 0.389. The Morgan fingerprint density at radius 3 is 1.50 bits per heavy atom. The Morgan fingerprint density at radius 2 is 1.17 bits per heavy atom. The normalized spacial score (nSPS) is 11.0. The van der Waals surface area contributed by atoms with Crippen molar-refractivity contribution in [3.63, 3.8) is 0 Å². The van der Waals surface area contributed by atoms with Crippen molar-refractivity contribution in [3.05, 3.63) is 0 Å². The molecule has 0 amide bonds. The van der Waals surface area contributed by atoms with Gasteiger partial charge in [-0.1, -0.05) is 39.5 Å². The van der Waals surface area contributed by atoms with Crippen LogP contribution in [-0.2, 0) is 0 Å². The zero-order valence-corrected chi connectivity index (χ0v) is 10.00. The minimum atomic E-state index is 0.396. The molecule has 0 aliphatic heterocycles. The van der Waals surface area contributed by atoms with Crippen LogP contribution in [0.2, 0.25) is 0 Å². The van der Waals surface area contributed by atoms with Crippen molar-refractivity contribution >= 4 is 7.92 Å². The average Bonchev–Trinajstić information content (AvgIpc) is 2.06. The van der Waals surface area contributed by atoms with E-state index >= 15 is 0 Å². The van der Waals surface area contributed by atoms with E-state index in [9.17, 15) is 0 Å². The Kier molecular flexibility index (Phi) is 9.86. The third-order valence-corrected chi connectivity index (χ3v) is 4.45. The topological polar surface area (TPSA) is 0 Å². The van der Waals surface area contributed by atoms with Crippen molar-refractivity contribution in [1.82, 2.24) is 0 Å². The van der Waals surface area contributed by atoms with Gasteiger partial charge < -0.3 is 0 Å². The highest BCUT2D eigenvalue weighted by atomic mass is 31.1. The molecule has 0 aromatic rings. The van der Waals surface area contributed by atoms with E-state index in [1.807, 2.05) is 0 Å². The van der Waals surface area contributed by atoms with E-state index in [0.29, 0.717) is 7.92 Å². The second-order valence-corrected chi connectivity index (χ2v) is 6.32. The van der Waals surface area contributed by atoms with Crippen LogP contribution in [0.3, 0.4) is 0 Å². The van der Waals surface area contributed by atoms with E-state index in [1.165, 1.54) is 50.8 Å². The fraction of sp³-hybridized carbons (Fsp3) is 1.00. The molecule has 1 heteroatoms. The Bertz CT molecular complexity index is 71.1. The Balaban J connectivity index is 3.04. The molecule has 0 spiro atoms. The van der Waals surface area contributed by atoms with Crippen LogP contribution in [0.15, 0.2) is 0 Å². The molecule has 0 N–H and O–H groups in total. The SMILES string of the molecule is CCCCCP(C)CCCCC. The molecular formula is C11H25P. The van der Waals surface area contributed by atoms with Crippen molar-refractivity contribution in [3.8, 4) is 0 Å². The van der Waals surface area contributed by atoms with Crippen LogP contribution in [0.1, 0.15) is 52.4 Å². The first-order valence-electron chi connectivity index (χ1n) is 5.49. The van der Waals surface area contributed by atoms with Gasteiger partial charge in [0.2, 0.25) is 0 Å². The Labute approximate surface area is 79.9 Å². The third-order valence-electron chi connectivity index (χ3n) is 2.29. The summed E-state index contributed by atoms with van der Waals surface area (Å²) in [6, 6.07) is 0. The molecule has 0 aromatic carbocycles. The number of unbranched alkanes of at least 4 members (excludes halogenated alkanes) is 4. The minimum absolute atomic E-state index is 0.396. The van der Waals surface area contributed by atoms with Gasteiger partial charge >= 0.3 is 0 Å². The summed E-state index contributed by atoms with van der Waals surface area (Å²) in [5.41, 5.74) is 0. The maximum Gasteiger partial charge on any atom is -0.0328 e. The van der Waals surface area contributed by atoms with E-state index in [0.717, 1.165) is 0 Å². The van der Waals surface area contributed by atoms with Gasteiger partial charge in [0.25, 0.3) is 0 Å². The van der Waals surface area contributed by atoms with Crippen LogP contribution in [0.4, 0.5) is 0 Å². The van der Waals surface area contributed by atoms with E-state index < -0.39 is 0 Å². The first kappa shape index (κ1) is 12.4. The number of hydrogen-bond acceptors (Lipinski definition) is 0. The predicted octanol–water partition coefficient (Wildman–Crippen LogP) is 4.48. The van der Waals surface area contributed by atoms with Crippen LogP contribution in [0, 0.1) is 0 Å². The number of rotatable bonds is 8. The largest absolute Gasteiger partial charge is 0.110 e. The minimum Gasteiger partial charge on any atom is -0.110 e.